The highest BCUT2D eigenvalue weighted by molar-refractivity contribution is 7.72. The van der Waals surface area contributed by atoms with Crippen LogP contribution in [0.25, 0.3) is 0 Å². The quantitative estimate of drug-likeness (QED) is 0.667. The average molecular weight is 345 g/mol. The molecule has 1 aliphatic rings. The van der Waals surface area contributed by atoms with Crippen molar-refractivity contribution in [2.24, 2.45) is 0 Å². The van der Waals surface area contributed by atoms with Gasteiger partial charge in [0, 0.05) is 26.1 Å². The van der Waals surface area contributed by atoms with Gasteiger partial charge in [0.15, 0.2) is 10.7 Å². The van der Waals surface area contributed by atoms with Gasteiger partial charge in [-0.25, -0.2) is 8.42 Å². The van der Waals surface area contributed by atoms with Crippen LogP contribution in [-0.4, -0.2) is 40.4 Å². The average Bonchev–Trinajstić information content (AvgIpc) is 2.53. The number of hydrogen-bond donors (Lipinski definition) is 1. The second-order valence-electron chi connectivity index (χ2n) is 5.44. The molecule has 1 aromatic carbocycles. The Morgan fingerprint density at radius 2 is 2.08 bits per heavy atom. The number of benzene rings is 1. The molecular weight excluding hydrogens is 326 g/mol. The molecule has 0 radical (unpaired) electrons. The van der Waals surface area contributed by atoms with E-state index in [1.165, 1.54) is 12.0 Å². The first-order chi connectivity index (χ1) is 11.4. The number of carbonyl (C=O) groups is 1. The fourth-order valence-corrected chi connectivity index (χ4v) is 2.92. The maximum absolute atomic E-state index is 12.0. The summed E-state index contributed by atoms with van der Waals surface area (Å²) in [5, 5.41) is 0. The molecule has 0 saturated carbocycles. The number of nitrogens with zero attached hydrogens (tertiary/aromatic N) is 1. The Morgan fingerprint density at radius 3 is 2.71 bits per heavy atom. The highest BCUT2D eigenvalue weighted by Crippen LogP contribution is 2.26. The van der Waals surface area contributed by atoms with E-state index >= 15 is 0 Å². The highest BCUT2D eigenvalue weighted by atomic mass is 32.2. The van der Waals surface area contributed by atoms with Gasteiger partial charge in [0.1, 0.15) is 10.6 Å². The molecule has 0 spiro atoms. The van der Waals surface area contributed by atoms with Crippen molar-refractivity contribution in [2.75, 3.05) is 21.2 Å². The molecule has 0 bridgehead atoms. The maximum Gasteiger partial charge on any atom is 0.250 e. The minimum absolute atomic E-state index is 0.0671. The molecule has 0 heterocycles. The van der Waals surface area contributed by atoms with Gasteiger partial charge in [0.05, 0.1) is 13.0 Å². The van der Waals surface area contributed by atoms with Gasteiger partial charge in [0.2, 0.25) is 5.91 Å². The predicted molar refractivity (Wildman–Crippen MR) is 92.6 cm³/mol. The second kappa shape index (κ2) is 7.84. The van der Waals surface area contributed by atoms with Crippen molar-refractivity contribution in [3.05, 3.63) is 47.6 Å². The van der Waals surface area contributed by atoms with Crippen molar-refractivity contribution in [3.8, 4) is 17.6 Å². The zero-order valence-electron chi connectivity index (χ0n) is 13.8. The van der Waals surface area contributed by atoms with Crippen molar-refractivity contribution in [1.29, 1.82) is 0 Å². The molecule has 0 N–H and O–H groups in total. The van der Waals surface area contributed by atoms with E-state index in [0.717, 1.165) is 5.56 Å². The van der Waals surface area contributed by atoms with Crippen LogP contribution in [0.1, 0.15) is 17.9 Å². The molecule has 6 heteroatoms. The first-order valence-electron chi connectivity index (χ1n) is 7.33. The van der Waals surface area contributed by atoms with Crippen LogP contribution in [0.5, 0.6) is 5.75 Å². The van der Waals surface area contributed by atoms with E-state index in [1.54, 1.807) is 44.4 Å². The number of ether oxygens (including phenoxy) is 1. The van der Waals surface area contributed by atoms with Crippen LogP contribution < -0.4 is 4.74 Å². The summed E-state index contributed by atoms with van der Waals surface area (Å²) in [5.41, 5.74) is 1.39. The third-order valence-corrected chi connectivity index (χ3v) is 4.32. The van der Waals surface area contributed by atoms with Crippen molar-refractivity contribution >= 4 is 16.6 Å². The van der Waals surface area contributed by atoms with Gasteiger partial charge in [-0.1, -0.05) is 36.1 Å². The number of amides is 1. The molecule has 0 fully saturated rings. The molecule has 0 aromatic heterocycles. The van der Waals surface area contributed by atoms with Gasteiger partial charge in [-0.05, 0) is 17.7 Å². The normalized spacial score (nSPS) is 20.0. The molecule has 0 saturated heterocycles. The number of hydrogen-bond acceptors (Lipinski definition) is 4. The molecule has 2 rings (SSSR count). The second-order valence-corrected chi connectivity index (χ2v) is 6.44. The van der Waals surface area contributed by atoms with Crippen LogP contribution in [0.4, 0.5) is 0 Å². The van der Waals surface area contributed by atoms with Gasteiger partial charge in [-0.2, -0.15) is 0 Å². The highest BCUT2D eigenvalue weighted by Gasteiger charge is 2.14. The van der Waals surface area contributed by atoms with E-state index < -0.39 is 10.7 Å². The smallest absolute Gasteiger partial charge is 0.250 e. The van der Waals surface area contributed by atoms with E-state index in [-0.39, 0.29) is 16.7 Å². The van der Waals surface area contributed by atoms with Crippen LogP contribution in [0.15, 0.2) is 46.9 Å². The Bertz CT molecular complexity index is 830. The van der Waals surface area contributed by atoms with Crippen LogP contribution in [0.3, 0.4) is 0 Å². The molecule has 1 aromatic rings. The Labute approximate surface area is 143 Å². The molecule has 1 aliphatic carbocycles. The Kier molecular flexibility index (Phi) is 5.83. The fourth-order valence-electron chi connectivity index (χ4n) is 2.32. The van der Waals surface area contributed by atoms with Crippen molar-refractivity contribution in [2.45, 2.75) is 17.2 Å². The van der Waals surface area contributed by atoms with Gasteiger partial charge in [0.25, 0.3) is 0 Å². The molecule has 24 heavy (non-hydrogen) atoms. The fraction of sp³-hybridized carbons (Fsp3) is 0.278. The van der Waals surface area contributed by atoms with Crippen LogP contribution >= 0.6 is 0 Å². The molecule has 1 unspecified atom stereocenters. The number of methoxy groups -OCH3 is 1. The largest absolute Gasteiger partial charge is 0.495 e. The lowest BCUT2D eigenvalue weighted by molar-refractivity contribution is -0.124. The SMILES string of the molecule is COc1ccc(C2C#CC/C(C(=O)N(C)C)=C\C=C/2)cc1[SH](=O)=O. The number of likely N-dealkylation sites (N-methyl/N-ethyl adjacent to an activating group) is 1. The lowest BCUT2D eigenvalue weighted by Crippen LogP contribution is -2.23. The van der Waals surface area contributed by atoms with E-state index in [2.05, 4.69) is 11.8 Å². The zero-order valence-corrected chi connectivity index (χ0v) is 14.7. The first-order valence-corrected chi connectivity index (χ1v) is 8.51. The standard InChI is InChI=1S/C18H19NO4S/c1-19(2)18(20)14-8-4-6-13(7-5-9-14)15-10-11-16(23-3)17(12-15)24(21)22/h4,6,8,10-13,24H,9H2,1-3H3/b6-4-,14-8+. The number of allylic oxidation sites excluding steroid dienone is 3. The van der Waals surface area contributed by atoms with Crippen molar-refractivity contribution < 1.29 is 17.9 Å². The third kappa shape index (κ3) is 4.06. The summed E-state index contributed by atoms with van der Waals surface area (Å²) in [7, 11) is 2.08. The number of carbonyl (C=O) groups excluding carboxylic acids is 1. The predicted octanol–water partition coefficient (Wildman–Crippen LogP) is 1.73. The number of thiol groups is 1. The van der Waals surface area contributed by atoms with Crippen molar-refractivity contribution in [3.63, 3.8) is 0 Å². The van der Waals surface area contributed by atoms with Crippen LogP contribution in [-0.2, 0) is 15.5 Å². The molecule has 5 nitrogen and oxygen atoms in total. The van der Waals surface area contributed by atoms with Crippen LogP contribution in [0, 0.1) is 11.8 Å². The maximum atomic E-state index is 12.0. The summed E-state index contributed by atoms with van der Waals surface area (Å²) in [5.74, 6) is 6.09. The minimum Gasteiger partial charge on any atom is -0.495 e. The Morgan fingerprint density at radius 1 is 1.33 bits per heavy atom. The molecule has 126 valence electrons. The number of rotatable bonds is 4. The molecule has 0 aliphatic heterocycles. The zero-order chi connectivity index (χ0) is 17.7. The summed E-state index contributed by atoms with van der Waals surface area (Å²) >= 11 is 0. The Hall–Kier alpha value is -2.52. The van der Waals surface area contributed by atoms with E-state index in [0.29, 0.717) is 17.7 Å². The summed E-state index contributed by atoms with van der Waals surface area (Å²) in [4.78, 5) is 13.6. The minimum atomic E-state index is -2.75. The van der Waals surface area contributed by atoms with Crippen LogP contribution in [0.2, 0.25) is 0 Å². The lowest BCUT2D eigenvalue weighted by Gasteiger charge is -2.13. The summed E-state index contributed by atoms with van der Waals surface area (Å²) in [6.07, 6.45) is 5.74. The topological polar surface area (TPSA) is 63.7 Å². The Balaban J connectivity index is 2.33. The lowest BCUT2D eigenvalue weighted by atomic mass is 9.96. The summed E-state index contributed by atoms with van der Waals surface area (Å²) in [6.45, 7) is 0. The summed E-state index contributed by atoms with van der Waals surface area (Å²) in [6, 6.07) is 4.99. The van der Waals surface area contributed by atoms with Gasteiger partial charge < -0.3 is 9.64 Å². The van der Waals surface area contributed by atoms with Crippen molar-refractivity contribution in [1.82, 2.24) is 4.90 Å². The molecular formula is C18H19NO4S. The summed E-state index contributed by atoms with van der Waals surface area (Å²) < 4.78 is 27.8. The molecule has 1 atom stereocenters. The van der Waals surface area contributed by atoms with E-state index in [1.807, 2.05) is 6.08 Å². The van der Waals surface area contributed by atoms with E-state index in [9.17, 15) is 13.2 Å². The first kappa shape index (κ1) is 17.8. The van der Waals surface area contributed by atoms with Gasteiger partial charge in [-0.15, -0.1) is 0 Å². The monoisotopic (exact) mass is 345 g/mol. The van der Waals surface area contributed by atoms with Gasteiger partial charge in [-0.3, -0.25) is 4.79 Å². The third-order valence-electron chi connectivity index (χ3n) is 3.58. The van der Waals surface area contributed by atoms with Gasteiger partial charge >= 0.3 is 0 Å². The van der Waals surface area contributed by atoms with E-state index in [4.69, 9.17) is 4.74 Å². The molecule has 1 amide bonds.